The SMILES string of the molecule is CCC(C)NC(=O)C(C)N(Cc1ccccc1F)C(=O)CN(c1cc(Cl)ccc1OC)S(=O)(=O)c1ccccc1. The van der Waals surface area contributed by atoms with Crippen LogP contribution in [-0.4, -0.2) is 50.9 Å². The number of nitrogens with one attached hydrogen (secondary N) is 1. The third-order valence-corrected chi connectivity index (χ3v) is 8.50. The Labute approximate surface area is 239 Å². The van der Waals surface area contributed by atoms with E-state index in [1.807, 2.05) is 13.8 Å². The van der Waals surface area contributed by atoms with Crippen LogP contribution in [0.5, 0.6) is 5.75 Å². The van der Waals surface area contributed by atoms with Crippen molar-refractivity contribution in [2.75, 3.05) is 18.0 Å². The van der Waals surface area contributed by atoms with Crippen LogP contribution in [-0.2, 0) is 26.2 Å². The molecular formula is C29H33ClFN3O5S. The van der Waals surface area contributed by atoms with E-state index in [0.29, 0.717) is 6.42 Å². The van der Waals surface area contributed by atoms with Gasteiger partial charge in [-0.25, -0.2) is 12.8 Å². The molecule has 2 unspecified atom stereocenters. The molecule has 0 spiro atoms. The number of methoxy groups -OCH3 is 1. The van der Waals surface area contributed by atoms with Gasteiger partial charge >= 0.3 is 0 Å². The monoisotopic (exact) mass is 589 g/mol. The van der Waals surface area contributed by atoms with E-state index in [9.17, 15) is 22.4 Å². The number of rotatable bonds is 12. The van der Waals surface area contributed by atoms with Crippen molar-refractivity contribution in [3.05, 3.63) is 89.2 Å². The first-order valence-electron chi connectivity index (χ1n) is 12.7. The van der Waals surface area contributed by atoms with Crippen LogP contribution in [0.1, 0.15) is 32.8 Å². The Hall–Kier alpha value is -3.63. The van der Waals surface area contributed by atoms with E-state index in [4.69, 9.17) is 16.3 Å². The molecule has 0 aliphatic carbocycles. The number of carbonyl (C=O) groups is 2. The summed E-state index contributed by atoms with van der Waals surface area (Å²) in [5.74, 6) is -1.56. The molecule has 0 saturated carbocycles. The fourth-order valence-electron chi connectivity index (χ4n) is 3.95. The van der Waals surface area contributed by atoms with Gasteiger partial charge in [0, 0.05) is 23.2 Å². The minimum absolute atomic E-state index is 0.0368. The van der Waals surface area contributed by atoms with E-state index in [1.165, 1.54) is 67.5 Å². The van der Waals surface area contributed by atoms with Gasteiger partial charge in [0.05, 0.1) is 17.7 Å². The molecule has 0 radical (unpaired) electrons. The highest BCUT2D eigenvalue weighted by Crippen LogP contribution is 2.35. The highest BCUT2D eigenvalue weighted by Gasteiger charge is 2.34. The molecular weight excluding hydrogens is 557 g/mol. The van der Waals surface area contributed by atoms with Crippen LogP contribution in [0.15, 0.2) is 77.7 Å². The Morgan fingerprint density at radius 3 is 2.30 bits per heavy atom. The van der Waals surface area contributed by atoms with Crippen LogP contribution in [0, 0.1) is 5.82 Å². The molecule has 214 valence electrons. The first-order chi connectivity index (χ1) is 19.0. The zero-order valence-electron chi connectivity index (χ0n) is 22.8. The number of benzene rings is 3. The molecule has 8 nitrogen and oxygen atoms in total. The maximum Gasteiger partial charge on any atom is 0.264 e. The summed E-state index contributed by atoms with van der Waals surface area (Å²) in [6, 6.07) is 16.7. The van der Waals surface area contributed by atoms with Gasteiger partial charge in [-0.3, -0.25) is 13.9 Å². The van der Waals surface area contributed by atoms with Crippen molar-refractivity contribution in [1.29, 1.82) is 0 Å². The van der Waals surface area contributed by atoms with Crippen LogP contribution in [0.3, 0.4) is 0 Å². The third kappa shape index (κ3) is 7.31. The summed E-state index contributed by atoms with van der Waals surface area (Å²) in [6.45, 7) is 4.29. The minimum Gasteiger partial charge on any atom is -0.495 e. The van der Waals surface area contributed by atoms with Crippen molar-refractivity contribution in [2.24, 2.45) is 0 Å². The molecule has 2 atom stereocenters. The number of nitrogens with zero attached hydrogens (tertiary/aromatic N) is 2. The maximum atomic E-state index is 14.6. The second-order valence-electron chi connectivity index (χ2n) is 9.25. The van der Waals surface area contributed by atoms with E-state index >= 15 is 0 Å². The summed E-state index contributed by atoms with van der Waals surface area (Å²) in [7, 11) is -2.94. The Morgan fingerprint density at radius 1 is 1.02 bits per heavy atom. The second-order valence-corrected chi connectivity index (χ2v) is 11.5. The summed E-state index contributed by atoms with van der Waals surface area (Å²) in [5, 5.41) is 3.06. The van der Waals surface area contributed by atoms with Crippen LogP contribution < -0.4 is 14.4 Å². The van der Waals surface area contributed by atoms with Gasteiger partial charge in [0.25, 0.3) is 10.0 Å². The lowest BCUT2D eigenvalue weighted by molar-refractivity contribution is -0.139. The molecule has 0 aliphatic rings. The highest BCUT2D eigenvalue weighted by molar-refractivity contribution is 7.92. The molecule has 0 fully saturated rings. The topological polar surface area (TPSA) is 96.0 Å². The number of hydrogen-bond donors (Lipinski definition) is 1. The molecule has 3 aromatic rings. The minimum atomic E-state index is -4.31. The standard InChI is InChI=1S/C29H33ClFN3O5S/c1-5-20(2)32-29(36)21(3)33(18-22-11-9-10-14-25(22)31)28(35)19-34(26-17-23(30)15-16-27(26)39-4)40(37,38)24-12-7-6-8-13-24/h6-17,20-21H,5,18-19H2,1-4H3,(H,32,36). The summed E-state index contributed by atoms with van der Waals surface area (Å²) in [6.07, 6.45) is 0.664. The predicted molar refractivity (Wildman–Crippen MR) is 153 cm³/mol. The first kappa shape index (κ1) is 30.9. The third-order valence-electron chi connectivity index (χ3n) is 6.49. The number of ether oxygens (including phenoxy) is 1. The fourth-order valence-corrected chi connectivity index (χ4v) is 5.55. The molecule has 1 N–H and O–H groups in total. The van der Waals surface area contributed by atoms with E-state index in [-0.39, 0.29) is 39.5 Å². The molecule has 40 heavy (non-hydrogen) atoms. The molecule has 0 heterocycles. The van der Waals surface area contributed by atoms with Gasteiger partial charge in [0.15, 0.2) is 0 Å². The van der Waals surface area contributed by atoms with Crippen molar-refractivity contribution in [1.82, 2.24) is 10.2 Å². The Morgan fingerprint density at radius 2 is 1.68 bits per heavy atom. The number of amides is 2. The fraction of sp³-hybridized carbons (Fsp3) is 0.310. The van der Waals surface area contributed by atoms with Crippen molar-refractivity contribution in [2.45, 2.75) is 50.7 Å². The lowest BCUT2D eigenvalue weighted by Crippen LogP contribution is -2.52. The average molecular weight is 590 g/mol. The maximum absolute atomic E-state index is 14.6. The number of carbonyl (C=O) groups excluding carboxylic acids is 2. The Balaban J connectivity index is 2.09. The number of sulfonamides is 1. The molecule has 0 aromatic heterocycles. The largest absolute Gasteiger partial charge is 0.495 e. The first-order valence-corrected chi connectivity index (χ1v) is 14.6. The van der Waals surface area contributed by atoms with Crippen molar-refractivity contribution >= 4 is 39.1 Å². The molecule has 3 rings (SSSR count). The van der Waals surface area contributed by atoms with Crippen LogP contribution >= 0.6 is 11.6 Å². The lowest BCUT2D eigenvalue weighted by Gasteiger charge is -2.33. The average Bonchev–Trinajstić information content (AvgIpc) is 2.95. The number of anilines is 1. The normalized spacial score (nSPS) is 12.8. The van der Waals surface area contributed by atoms with Crippen molar-refractivity contribution in [3.8, 4) is 5.75 Å². The Bertz CT molecular complexity index is 1440. The predicted octanol–water partition coefficient (Wildman–Crippen LogP) is 5.02. The van der Waals surface area contributed by atoms with Gasteiger partial charge in [-0.15, -0.1) is 0 Å². The smallest absolute Gasteiger partial charge is 0.264 e. The van der Waals surface area contributed by atoms with Crippen LogP contribution in [0.2, 0.25) is 5.02 Å². The zero-order valence-corrected chi connectivity index (χ0v) is 24.4. The van der Waals surface area contributed by atoms with Crippen LogP contribution in [0.4, 0.5) is 10.1 Å². The van der Waals surface area contributed by atoms with Gasteiger partial charge in [0.1, 0.15) is 24.2 Å². The molecule has 3 aromatic carbocycles. The molecule has 0 aliphatic heterocycles. The van der Waals surface area contributed by atoms with E-state index in [1.54, 1.807) is 24.3 Å². The van der Waals surface area contributed by atoms with E-state index in [0.717, 1.165) is 4.31 Å². The summed E-state index contributed by atoms with van der Waals surface area (Å²) in [4.78, 5) is 28.1. The number of hydrogen-bond acceptors (Lipinski definition) is 5. The summed E-state index contributed by atoms with van der Waals surface area (Å²) in [5.41, 5.74) is 0.214. The van der Waals surface area contributed by atoms with Gasteiger partial charge in [-0.1, -0.05) is 54.9 Å². The Kier molecular flexibility index (Phi) is 10.5. The van der Waals surface area contributed by atoms with E-state index < -0.39 is 40.2 Å². The molecule has 0 saturated heterocycles. The van der Waals surface area contributed by atoms with Crippen molar-refractivity contribution in [3.63, 3.8) is 0 Å². The quantitative estimate of drug-likeness (QED) is 0.320. The van der Waals surface area contributed by atoms with Crippen LogP contribution in [0.25, 0.3) is 0 Å². The van der Waals surface area contributed by atoms with Gasteiger partial charge in [0.2, 0.25) is 11.8 Å². The summed E-state index contributed by atoms with van der Waals surface area (Å²) < 4.78 is 48.7. The number of halogens is 2. The van der Waals surface area contributed by atoms with Gasteiger partial charge in [-0.2, -0.15) is 0 Å². The lowest BCUT2D eigenvalue weighted by atomic mass is 10.1. The highest BCUT2D eigenvalue weighted by atomic mass is 35.5. The van der Waals surface area contributed by atoms with Gasteiger partial charge in [-0.05, 0) is 56.7 Å². The van der Waals surface area contributed by atoms with E-state index in [2.05, 4.69) is 5.32 Å². The zero-order chi connectivity index (χ0) is 29.4. The second kappa shape index (κ2) is 13.6. The molecule has 2 amide bonds. The van der Waals surface area contributed by atoms with Gasteiger partial charge < -0.3 is 15.0 Å². The molecule has 11 heteroatoms. The molecule has 0 bridgehead atoms. The van der Waals surface area contributed by atoms with Crippen molar-refractivity contribution < 1.29 is 27.1 Å². The summed E-state index contributed by atoms with van der Waals surface area (Å²) >= 11 is 6.22.